The molecule has 0 aliphatic heterocycles. The van der Waals surface area contributed by atoms with Crippen LogP contribution >= 0.6 is 11.3 Å². The number of hydrogen-bond acceptors (Lipinski definition) is 6. The fourth-order valence-corrected chi connectivity index (χ4v) is 3.52. The molecule has 0 fully saturated rings. The van der Waals surface area contributed by atoms with Gasteiger partial charge in [0.25, 0.3) is 0 Å². The number of rotatable bonds is 4. The number of halogens is 3. The Bertz CT molecular complexity index is 908. The minimum atomic E-state index is -4.98. The van der Waals surface area contributed by atoms with Crippen molar-refractivity contribution in [3.8, 4) is 5.75 Å². The second kappa shape index (κ2) is 7.39. The monoisotopic (exact) mass is 398 g/mol. The normalized spacial score (nSPS) is 17.5. The first-order chi connectivity index (χ1) is 12.8. The molecule has 0 radical (unpaired) electrons. The Kier molecular flexibility index (Phi) is 5.17. The van der Waals surface area contributed by atoms with Gasteiger partial charge in [-0.25, -0.2) is 4.79 Å². The zero-order chi connectivity index (χ0) is 19.6. The molecule has 2 aromatic rings. The van der Waals surface area contributed by atoms with Gasteiger partial charge in [-0.2, -0.15) is 13.2 Å². The molecular formula is C17H13F3N2O4S. The van der Waals surface area contributed by atoms with E-state index in [0.717, 1.165) is 0 Å². The topological polar surface area (TPSA) is 77.0 Å². The number of fused-ring (bicyclic) bond motifs is 1. The molecule has 27 heavy (non-hydrogen) atoms. The van der Waals surface area contributed by atoms with E-state index in [2.05, 4.69) is 5.16 Å². The SMILES string of the molecule is COc1cccc(C(=O)ON=C2CC(NC(=O)C(F)(F)F)c3ccsc32)c1. The van der Waals surface area contributed by atoms with Gasteiger partial charge in [-0.1, -0.05) is 11.2 Å². The Hall–Kier alpha value is -2.88. The second-order valence-corrected chi connectivity index (χ2v) is 6.50. The molecule has 142 valence electrons. The minimum Gasteiger partial charge on any atom is -0.497 e. The molecule has 1 atom stereocenters. The molecule has 10 heteroatoms. The number of carbonyl (C=O) groups excluding carboxylic acids is 2. The summed E-state index contributed by atoms with van der Waals surface area (Å²) in [5, 5.41) is 7.39. The largest absolute Gasteiger partial charge is 0.497 e. The Morgan fingerprint density at radius 3 is 2.78 bits per heavy atom. The highest BCUT2D eigenvalue weighted by atomic mass is 32.1. The molecule has 1 heterocycles. The van der Waals surface area contributed by atoms with Gasteiger partial charge in [-0.3, -0.25) is 4.79 Å². The van der Waals surface area contributed by atoms with Crippen LogP contribution in [-0.4, -0.2) is 30.9 Å². The molecule has 0 bridgehead atoms. The summed E-state index contributed by atoms with van der Waals surface area (Å²) in [5.74, 6) is -2.30. The Morgan fingerprint density at radius 1 is 1.30 bits per heavy atom. The first-order valence-electron chi connectivity index (χ1n) is 7.67. The van der Waals surface area contributed by atoms with Crippen molar-refractivity contribution in [2.24, 2.45) is 5.16 Å². The molecule has 1 aromatic carbocycles. The average Bonchev–Trinajstić information content (AvgIpc) is 3.23. The molecule has 1 amide bonds. The molecule has 6 nitrogen and oxygen atoms in total. The lowest BCUT2D eigenvalue weighted by Crippen LogP contribution is -2.38. The Labute approximate surface area is 155 Å². The van der Waals surface area contributed by atoms with E-state index < -0.39 is 24.1 Å². The minimum absolute atomic E-state index is 0.00474. The molecule has 1 unspecified atom stereocenters. The van der Waals surface area contributed by atoms with Crippen LogP contribution in [0.15, 0.2) is 40.9 Å². The highest BCUT2D eigenvalue weighted by Gasteiger charge is 2.42. The lowest BCUT2D eigenvalue weighted by molar-refractivity contribution is -0.174. The molecule has 0 saturated carbocycles. The van der Waals surface area contributed by atoms with Crippen molar-refractivity contribution in [3.63, 3.8) is 0 Å². The quantitative estimate of drug-likeness (QED) is 0.632. The Balaban J connectivity index is 1.74. The van der Waals surface area contributed by atoms with Gasteiger partial charge in [0.05, 0.1) is 23.6 Å². The predicted octanol–water partition coefficient (Wildman–Crippen LogP) is 3.44. The number of methoxy groups -OCH3 is 1. The van der Waals surface area contributed by atoms with Gasteiger partial charge in [0.2, 0.25) is 0 Å². The van der Waals surface area contributed by atoms with E-state index in [-0.39, 0.29) is 12.0 Å². The van der Waals surface area contributed by atoms with Crippen LogP contribution in [0.4, 0.5) is 13.2 Å². The van der Waals surface area contributed by atoms with Gasteiger partial charge < -0.3 is 14.9 Å². The average molecular weight is 398 g/mol. The van der Waals surface area contributed by atoms with Gasteiger partial charge in [-0.05, 0) is 35.2 Å². The molecule has 3 rings (SSSR count). The maximum atomic E-state index is 12.5. The standard InChI is InChI=1S/C17H13F3N2O4S/c1-25-10-4-2-3-9(7-10)15(23)26-22-13-8-12(11-5-6-27-14(11)13)21-16(24)17(18,19)20/h2-7,12H,8H2,1H3,(H,21,24). The molecule has 1 aliphatic rings. The molecule has 1 aromatic heterocycles. The molecule has 0 saturated heterocycles. The number of thiophene rings is 1. The molecule has 0 spiro atoms. The smallest absolute Gasteiger partial charge is 0.471 e. The van der Waals surface area contributed by atoms with Crippen LogP contribution in [0.3, 0.4) is 0 Å². The van der Waals surface area contributed by atoms with Crippen molar-refractivity contribution in [2.75, 3.05) is 7.11 Å². The lowest BCUT2D eigenvalue weighted by atomic mass is 10.2. The zero-order valence-corrected chi connectivity index (χ0v) is 14.7. The van der Waals surface area contributed by atoms with E-state index >= 15 is 0 Å². The molecular weight excluding hydrogens is 385 g/mol. The van der Waals surface area contributed by atoms with Gasteiger partial charge in [0, 0.05) is 6.42 Å². The first kappa shape index (κ1) is 18.9. The number of nitrogens with one attached hydrogen (secondary N) is 1. The fraction of sp³-hybridized carbons (Fsp3) is 0.235. The summed E-state index contributed by atoms with van der Waals surface area (Å²) in [6.07, 6.45) is -4.98. The second-order valence-electron chi connectivity index (χ2n) is 5.58. The number of ether oxygens (including phenoxy) is 1. The van der Waals surface area contributed by atoms with Crippen molar-refractivity contribution in [1.82, 2.24) is 5.32 Å². The van der Waals surface area contributed by atoms with Crippen molar-refractivity contribution >= 4 is 28.9 Å². The first-order valence-corrected chi connectivity index (χ1v) is 8.55. The van der Waals surface area contributed by atoms with E-state index in [9.17, 15) is 22.8 Å². The van der Waals surface area contributed by atoms with Gasteiger partial charge >= 0.3 is 18.1 Å². The van der Waals surface area contributed by atoms with E-state index in [0.29, 0.717) is 21.9 Å². The van der Waals surface area contributed by atoms with Crippen LogP contribution in [0, 0.1) is 0 Å². The predicted molar refractivity (Wildman–Crippen MR) is 90.8 cm³/mol. The van der Waals surface area contributed by atoms with Crippen LogP contribution in [0.1, 0.15) is 33.3 Å². The van der Waals surface area contributed by atoms with Crippen LogP contribution in [0.2, 0.25) is 0 Å². The van der Waals surface area contributed by atoms with E-state index in [1.54, 1.807) is 23.6 Å². The third kappa shape index (κ3) is 4.11. The third-order valence-electron chi connectivity index (χ3n) is 3.84. The Morgan fingerprint density at radius 2 is 2.07 bits per heavy atom. The van der Waals surface area contributed by atoms with Crippen molar-refractivity contribution in [1.29, 1.82) is 0 Å². The van der Waals surface area contributed by atoms with Crippen LogP contribution in [0.25, 0.3) is 0 Å². The van der Waals surface area contributed by atoms with Gasteiger partial charge in [0.15, 0.2) is 0 Å². The highest BCUT2D eigenvalue weighted by Crippen LogP contribution is 2.36. The zero-order valence-electron chi connectivity index (χ0n) is 13.9. The molecule has 1 N–H and O–H groups in total. The number of alkyl halides is 3. The van der Waals surface area contributed by atoms with E-state index in [4.69, 9.17) is 9.57 Å². The summed E-state index contributed by atoms with van der Waals surface area (Å²) in [4.78, 5) is 28.8. The van der Waals surface area contributed by atoms with Crippen molar-refractivity contribution < 1.29 is 32.3 Å². The summed E-state index contributed by atoms with van der Waals surface area (Å²) >= 11 is 1.24. The van der Waals surface area contributed by atoms with E-state index in [1.807, 2.05) is 5.32 Å². The fourth-order valence-electron chi connectivity index (χ4n) is 2.57. The summed E-state index contributed by atoms with van der Waals surface area (Å²) in [5.41, 5.74) is 1.02. The van der Waals surface area contributed by atoms with Crippen LogP contribution < -0.4 is 10.1 Å². The number of benzene rings is 1. The van der Waals surface area contributed by atoms with Crippen molar-refractivity contribution in [3.05, 3.63) is 51.7 Å². The third-order valence-corrected chi connectivity index (χ3v) is 4.82. The van der Waals surface area contributed by atoms with Crippen LogP contribution in [0.5, 0.6) is 5.75 Å². The summed E-state index contributed by atoms with van der Waals surface area (Å²) in [7, 11) is 1.46. The summed E-state index contributed by atoms with van der Waals surface area (Å²) in [6.45, 7) is 0. The number of oxime groups is 1. The van der Waals surface area contributed by atoms with Crippen molar-refractivity contribution in [2.45, 2.75) is 18.6 Å². The number of amides is 1. The highest BCUT2D eigenvalue weighted by molar-refractivity contribution is 7.12. The van der Waals surface area contributed by atoms with Gasteiger partial charge in [0.1, 0.15) is 11.5 Å². The van der Waals surface area contributed by atoms with Crippen LogP contribution in [-0.2, 0) is 9.63 Å². The number of hydrogen-bond donors (Lipinski definition) is 1. The number of nitrogens with zero attached hydrogens (tertiary/aromatic N) is 1. The lowest BCUT2D eigenvalue weighted by Gasteiger charge is -2.13. The summed E-state index contributed by atoms with van der Waals surface area (Å²) < 4.78 is 42.5. The maximum Gasteiger partial charge on any atom is 0.471 e. The molecule has 1 aliphatic carbocycles. The van der Waals surface area contributed by atoms with Gasteiger partial charge in [-0.15, -0.1) is 11.3 Å². The summed E-state index contributed by atoms with van der Waals surface area (Å²) in [6, 6.07) is 6.98. The van der Waals surface area contributed by atoms with E-state index in [1.165, 1.54) is 30.6 Å². The maximum absolute atomic E-state index is 12.5. The number of carbonyl (C=O) groups is 2.